The molecule has 138 valence electrons. The summed E-state index contributed by atoms with van der Waals surface area (Å²) >= 11 is 0. The summed E-state index contributed by atoms with van der Waals surface area (Å²) in [6, 6.07) is 9.15. The Hall–Kier alpha value is -3.42. The van der Waals surface area contributed by atoms with E-state index in [1.54, 1.807) is 37.0 Å². The van der Waals surface area contributed by atoms with Crippen molar-refractivity contribution in [3.05, 3.63) is 66.6 Å². The van der Waals surface area contributed by atoms with Gasteiger partial charge in [-0.15, -0.1) is 0 Å². The van der Waals surface area contributed by atoms with Crippen LogP contribution in [-0.4, -0.2) is 51.9 Å². The fourth-order valence-electron chi connectivity index (χ4n) is 2.99. The minimum atomic E-state index is -0.0646. The Balaban J connectivity index is 1.36. The molecule has 0 saturated carbocycles. The summed E-state index contributed by atoms with van der Waals surface area (Å²) in [7, 11) is 0. The molecule has 1 amide bonds. The summed E-state index contributed by atoms with van der Waals surface area (Å²) in [5.74, 6) is 1.47. The van der Waals surface area contributed by atoms with Crippen LogP contribution < -0.4 is 10.2 Å². The van der Waals surface area contributed by atoms with Crippen LogP contribution in [0, 0.1) is 0 Å². The highest BCUT2D eigenvalue weighted by Crippen LogP contribution is 2.15. The van der Waals surface area contributed by atoms with Gasteiger partial charge in [-0.25, -0.2) is 9.97 Å². The predicted molar refractivity (Wildman–Crippen MR) is 100 cm³/mol. The predicted octanol–water partition coefficient (Wildman–Crippen LogP) is 2.04. The van der Waals surface area contributed by atoms with Crippen LogP contribution in [0.15, 0.2) is 59.6 Å². The number of hydrogen-bond donors (Lipinski definition) is 1. The number of furan rings is 1. The van der Waals surface area contributed by atoms with Crippen LogP contribution in [0.2, 0.25) is 0 Å². The molecule has 27 heavy (non-hydrogen) atoms. The number of carbonyl (C=O) groups is 1. The van der Waals surface area contributed by atoms with Gasteiger partial charge in [0, 0.05) is 50.5 Å². The van der Waals surface area contributed by atoms with E-state index in [-0.39, 0.29) is 5.91 Å². The quantitative estimate of drug-likeness (QED) is 0.741. The molecule has 3 aromatic heterocycles. The zero-order valence-electron chi connectivity index (χ0n) is 14.8. The van der Waals surface area contributed by atoms with Crippen LogP contribution in [0.5, 0.6) is 0 Å². The van der Waals surface area contributed by atoms with E-state index in [9.17, 15) is 4.79 Å². The van der Waals surface area contributed by atoms with E-state index in [2.05, 4.69) is 25.2 Å². The topological polar surface area (TPSA) is 87.4 Å². The molecule has 1 aliphatic heterocycles. The van der Waals surface area contributed by atoms with Crippen molar-refractivity contribution in [3.8, 4) is 0 Å². The van der Waals surface area contributed by atoms with Crippen molar-refractivity contribution in [2.45, 2.75) is 6.54 Å². The molecule has 0 spiro atoms. The summed E-state index contributed by atoms with van der Waals surface area (Å²) in [4.78, 5) is 29.5. The van der Waals surface area contributed by atoms with Crippen LogP contribution >= 0.6 is 0 Å². The minimum absolute atomic E-state index is 0.0646. The molecule has 0 bridgehead atoms. The number of anilines is 2. The molecule has 1 N–H and O–H groups in total. The Bertz CT molecular complexity index is 876. The van der Waals surface area contributed by atoms with Gasteiger partial charge in [0.2, 0.25) is 5.95 Å². The highest BCUT2D eigenvalue weighted by atomic mass is 16.3. The van der Waals surface area contributed by atoms with Gasteiger partial charge in [0.1, 0.15) is 11.5 Å². The molecule has 0 radical (unpaired) electrons. The molecule has 4 rings (SSSR count). The largest absolute Gasteiger partial charge is 0.467 e. The number of pyridine rings is 1. The van der Waals surface area contributed by atoms with Crippen LogP contribution in [0.4, 0.5) is 11.6 Å². The Morgan fingerprint density at radius 1 is 1.04 bits per heavy atom. The van der Waals surface area contributed by atoms with Crippen molar-refractivity contribution >= 4 is 17.5 Å². The molecule has 1 fully saturated rings. The van der Waals surface area contributed by atoms with Crippen molar-refractivity contribution in [1.29, 1.82) is 0 Å². The first-order valence-electron chi connectivity index (χ1n) is 8.83. The van der Waals surface area contributed by atoms with Crippen LogP contribution in [-0.2, 0) is 6.54 Å². The van der Waals surface area contributed by atoms with Crippen molar-refractivity contribution in [2.24, 2.45) is 0 Å². The van der Waals surface area contributed by atoms with Crippen molar-refractivity contribution in [1.82, 2.24) is 19.9 Å². The highest BCUT2D eigenvalue weighted by molar-refractivity contribution is 5.93. The molecular formula is C19H20N6O2. The lowest BCUT2D eigenvalue weighted by atomic mass is 10.2. The van der Waals surface area contributed by atoms with E-state index in [1.807, 2.05) is 23.1 Å². The Kier molecular flexibility index (Phi) is 4.95. The number of carbonyl (C=O) groups excluding carboxylic acids is 1. The zero-order valence-corrected chi connectivity index (χ0v) is 14.8. The Morgan fingerprint density at radius 2 is 1.85 bits per heavy atom. The van der Waals surface area contributed by atoms with Crippen LogP contribution in [0.3, 0.4) is 0 Å². The molecule has 8 nitrogen and oxygen atoms in total. The number of nitrogens with one attached hydrogen (secondary N) is 1. The monoisotopic (exact) mass is 364 g/mol. The van der Waals surface area contributed by atoms with Gasteiger partial charge >= 0.3 is 0 Å². The number of piperazine rings is 1. The molecule has 0 aliphatic carbocycles. The fraction of sp³-hybridized carbons (Fsp3) is 0.263. The first-order chi connectivity index (χ1) is 13.3. The van der Waals surface area contributed by atoms with E-state index in [1.165, 1.54) is 0 Å². The molecule has 8 heteroatoms. The lowest BCUT2D eigenvalue weighted by molar-refractivity contribution is 0.0740. The Morgan fingerprint density at radius 3 is 2.59 bits per heavy atom. The summed E-state index contributed by atoms with van der Waals surface area (Å²) in [6.45, 7) is 3.18. The van der Waals surface area contributed by atoms with E-state index >= 15 is 0 Å². The minimum Gasteiger partial charge on any atom is -0.467 e. The van der Waals surface area contributed by atoms with E-state index in [0.717, 1.165) is 11.4 Å². The number of rotatable bonds is 5. The maximum absolute atomic E-state index is 12.8. The van der Waals surface area contributed by atoms with Crippen molar-refractivity contribution < 1.29 is 9.21 Å². The van der Waals surface area contributed by atoms with Gasteiger partial charge in [-0.1, -0.05) is 0 Å². The van der Waals surface area contributed by atoms with Crippen LogP contribution in [0.25, 0.3) is 0 Å². The first-order valence-corrected chi connectivity index (χ1v) is 8.83. The second-order valence-corrected chi connectivity index (χ2v) is 6.19. The molecule has 3 aromatic rings. The number of aromatic nitrogens is 3. The normalized spacial score (nSPS) is 14.2. The standard InChI is InChI=1S/C19H20N6O2/c26-18(24-8-10-25(11-9-24)19-21-5-2-6-22-19)17-13-15(4-7-20-17)23-14-16-3-1-12-27-16/h1-7,12-13H,8-11,14H2,(H,20,23). The van der Waals surface area contributed by atoms with E-state index < -0.39 is 0 Å². The smallest absolute Gasteiger partial charge is 0.272 e. The second-order valence-electron chi connectivity index (χ2n) is 6.19. The van der Waals surface area contributed by atoms with Gasteiger partial charge in [-0.3, -0.25) is 9.78 Å². The third kappa shape index (κ3) is 4.05. The highest BCUT2D eigenvalue weighted by Gasteiger charge is 2.24. The maximum Gasteiger partial charge on any atom is 0.272 e. The van der Waals surface area contributed by atoms with Gasteiger partial charge in [0.05, 0.1) is 12.8 Å². The molecule has 1 saturated heterocycles. The second kappa shape index (κ2) is 7.86. The summed E-state index contributed by atoms with van der Waals surface area (Å²) in [5.41, 5.74) is 1.27. The SMILES string of the molecule is O=C(c1cc(NCc2ccco2)ccn1)N1CCN(c2ncccn2)CC1. The summed E-state index contributed by atoms with van der Waals surface area (Å²) in [6.07, 6.45) is 6.74. The fourth-order valence-corrected chi connectivity index (χ4v) is 2.99. The van der Waals surface area contributed by atoms with Gasteiger partial charge in [-0.2, -0.15) is 0 Å². The number of nitrogens with zero attached hydrogens (tertiary/aromatic N) is 5. The third-order valence-electron chi connectivity index (χ3n) is 4.43. The lowest BCUT2D eigenvalue weighted by Gasteiger charge is -2.34. The number of hydrogen-bond acceptors (Lipinski definition) is 7. The van der Waals surface area contributed by atoms with E-state index in [4.69, 9.17) is 4.42 Å². The Labute approximate surface area is 156 Å². The molecule has 4 heterocycles. The lowest BCUT2D eigenvalue weighted by Crippen LogP contribution is -2.49. The van der Waals surface area contributed by atoms with Crippen molar-refractivity contribution in [3.63, 3.8) is 0 Å². The third-order valence-corrected chi connectivity index (χ3v) is 4.43. The average Bonchev–Trinajstić information content (AvgIpc) is 3.26. The average molecular weight is 364 g/mol. The van der Waals surface area contributed by atoms with Crippen molar-refractivity contribution in [2.75, 3.05) is 36.4 Å². The van der Waals surface area contributed by atoms with Gasteiger partial charge in [0.25, 0.3) is 5.91 Å². The molecule has 1 aliphatic rings. The van der Waals surface area contributed by atoms with Crippen LogP contribution in [0.1, 0.15) is 16.2 Å². The van der Waals surface area contributed by atoms with Gasteiger partial charge < -0.3 is 19.5 Å². The maximum atomic E-state index is 12.8. The molecule has 0 atom stereocenters. The summed E-state index contributed by atoms with van der Waals surface area (Å²) < 4.78 is 5.31. The number of amides is 1. The molecule has 0 aromatic carbocycles. The van der Waals surface area contributed by atoms with Gasteiger partial charge in [0.15, 0.2) is 0 Å². The van der Waals surface area contributed by atoms with Gasteiger partial charge in [-0.05, 0) is 30.3 Å². The molecular weight excluding hydrogens is 344 g/mol. The first kappa shape index (κ1) is 17.0. The molecule has 0 unspecified atom stereocenters. The zero-order chi connectivity index (χ0) is 18.5. The van der Waals surface area contributed by atoms with E-state index in [0.29, 0.717) is 44.4 Å². The summed E-state index contributed by atoms with van der Waals surface area (Å²) in [5, 5.41) is 3.24.